The Balaban J connectivity index is 1.80. The molecule has 0 bridgehead atoms. The van der Waals surface area contributed by atoms with Crippen LogP contribution in [0.4, 0.5) is 5.69 Å². The van der Waals surface area contributed by atoms with Crippen molar-refractivity contribution in [2.24, 2.45) is 7.05 Å². The summed E-state index contributed by atoms with van der Waals surface area (Å²) >= 11 is 0. The average Bonchev–Trinajstić information content (AvgIpc) is 2.83. The smallest absolute Gasteiger partial charge is 0.224 e. The topological polar surface area (TPSA) is 98.7 Å². The Morgan fingerprint density at radius 1 is 1.28 bits per heavy atom. The van der Waals surface area contributed by atoms with E-state index in [9.17, 15) is 4.79 Å². The van der Waals surface area contributed by atoms with E-state index in [1.54, 1.807) is 23.0 Å². The van der Waals surface area contributed by atoms with E-state index in [0.717, 1.165) is 39.2 Å². The maximum Gasteiger partial charge on any atom is 0.224 e. The first-order valence-electron chi connectivity index (χ1n) is 8.13. The number of carbonyl (C=O) groups is 1. The third-order valence-corrected chi connectivity index (χ3v) is 4.37. The van der Waals surface area contributed by atoms with Crippen molar-refractivity contribution < 1.29 is 4.79 Å². The fourth-order valence-electron chi connectivity index (χ4n) is 3.13. The van der Waals surface area contributed by atoms with Crippen molar-refractivity contribution in [2.45, 2.75) is 33.7 Å². The van der Waals surface area contributed by atoms with Crippen LogP contribution in [0.15, 0.2) is 18.3 Å². The lowest BCUT2D eigenvalue weighted by Gasteiger charge is -2.11. The summed E-state index contributed by atoms with van der Waals surface area (Å²) in [5, 5.41) is 8.34. The first-order valence-corrected chi connectivity index (χ1v) is 8.13. The Labute approximate surface area is 146 Å². The van der Waals surface area contributed by atoms with Gasteiger partial charge in [0, 0.05) is 30.0 Å². The van der Waals surface area contributed by atoms with Gasteiger partial charge >= 0.3 is 0 Å². The summed E-state index contributed by atoms with van der Waals surface area (Å²) < 4.78 is 1.78. The molecule has 7 heteroatoms. The molecule has 0 unspecified atom stereocenters. The van der Waals surface area contributed by atoms with Crippen LogP contribution in [0.25, 0.3) is 11.0 Å². The zero-order valence-electron chi connectivity index (χ0n) is 14.9. The van der Waals surface area contributed by atoms with Crippen molar-refractivity contribution in [3.8, 4) is 0 Å². The Morgan fingerprint density at radius 2 is 2.04 bits per heavy atom. The van der Waals surface area contributed by atoms with Gasteiger partial charge in [0.1, 0.15) is 0 Å². The summed E-state index contributed by atoms with van der Waals surface area (Å²) in [6, 6.07) is 3.47. The number of amides is 1. The molecule has 130 valence electrons. The molecule has 0 aromatic carbocycles. The van der Waals surface area contributed by atoms with Crippen molar-refractivity contribution in [2.75, 3.05) is 5.73 Å². The van der Waals surface area contributed by atoms with Crippen molar-refractivity contribution in [3.63, 3.8) is 0 Å². The lowest BCUT2D eigenvalue weighted by Crippen LogP contribution is -2.26. The second-order valence-corrected chi connectivity index (χ2v) is 6.24. The Morgan fingerprint density at radius 3 is 2.76 bits per heavy atom. The van der Waals surface area contributed by atoms with E-state index >= 15 is 0 Å². The highest BCUT2D eigenvalue weighted by atomic mass is 16.1. The van der Waals surface area contributed by atoms with Crippen molar-refractivity contribution in [1.82, 2.24) is 25.1 Å². The van der Waals surface area contributed by atoms with Gasteiger partial charge in [-0.25, -0.2) is 4.98 Å². The van der Waals surface area contributed by atoms with Crippen LogP contribution >= 0.6 is 0 Å². The number of anilines is 1. The van der Waals surface area contributed by atoms with Crippen LogP contribution in [0.3, 0.4) is 0 Å². The molecule has 7 nitrogen and oxygen atoms in total. The number of nitrogens with two attached hydrogens (primary N) is 1. The van der Waals surface area contributed by atoms with Gasteiger partial charge in [-0.05, 0) is 44.0 Å². The van der Waals surface area contributed by atoms with Gasteiger partial charge in [0.15, 0.2) is 5.65 Å². The molecule has 0 aliphatic rings. The first-order chi connectivity index (χ1) is 11.9. The Hall–Kier alpha value is -2.96. The first kappa shape index (κ1) is 16.9. The highest BCUT2D eigenvalue weighted by Crippen LogP contribution is 2.25. The van der Waals surface area contributed by atoms with Gasteiger partial charge in [-0.2, -0.15) is 5.10 Å². The molecule has 0 spiro atoms. The average molecular weight is 338 g/mol. The number of carbonyl (C=O) groups excluding carboxylic acids is 1. The van der Waals surface area contributed by atoms with E-state index in [-0.39, 0.29) is 12.3 Å². The molecule has 0 aliphatic heterocycles. The molecule has 0 saturated carbocycles. The lowest BCUT2D eigenvalue weighted by atomic mass is 10.0. The molecular weight excluding hydrogens is 316 g/mol. The van der Waals surface area contributed by atoms with E-state index in [4.69, 9.17) is 5.73 Å². The Bertz CT molecular complexity index is 960. The van der Waals surface area contributed by atoms with Crippen molar-refractivity contribution in [3.05, 3.63) is 46.5 Å². The van der Waals surface area contributed by atoms with E-state index in [1.807, 2.05) is 27.8 Å². The zero-order valence-corrected chi connectivity index (χ0v) is 14.9. The molecule has 3 aromatic rings. The van der Waals surface area contributed by atoms with E-state index in [0.29, 0.717) is 12.2 Å². The molecular formula is C18H22N6O. The molecule has 0 aliphatic carbocycles. The van der Waals surface area contributed by atoms with Crippen LogP contribution in [0.1, 0.15) is 28.2 Å². The summed E-state index contributed by atoms with van der Waals surface area (Å²) in [4.78, 5) is 21.2. The Kier molecular flexibility index (Phi) is 4.39. The van der Waals surface area contributed by atoms with Crippen LogP contribution < -0.4 is 11.1 Å². The maximum absolute atomic E-state index is 12.4. The number of hydrogen-bond acceptors (Lipinski definition) is 5. The molecule has 0 fully saturated rings. The molecule has 0 radical (unpaired) electrons. The predicted octanol–water partition coefficient (Wildman–Crippen LogP) is 1.73. The summed E-state index contributed by atoms with van der Waals surface area (Å²) in [6.45, 7) is 6.26. The summed E-state index contributed by atoms with van der Waals surface area (Å²) in [6.07, 6.45) is 1.91. The van der Waals surface area contributed by atoms with Gasteiger partial charge in [-0.1, -0.05) is 0 Å². The molecule has 3 N–H and O–H groups in total. The van der Waals surface area contributed by atoms with Crippen LogP contribution in [0.2, 0.25) is 0 Å². The quantitative estimate of drug-likeness (QED) is 0.755. The second kappa shape index (κ2) is 6.51. The molecule has 3 rings (SSSR count). The minimum Gasteiger partial charge on any atom is -0.399 e. The van der Waals surface area contributed by atoms with E-state index < -0.39 is 0 Å². The minimum absolute atomic E-state index is 0.0712. The molecule has 25 heavy (non-hydrogen) atoms. The number of hydrogen-bond donors (Lipinski definition) is 2. The number of fused-ring (bicyclic) bond motifs is 1. The SMILES string of the molecule is Cc1nc2c(c(C)nn2C)c(C)c1CC(=O)NCc1cc(N)ccn1. The maximum atomic E-state index is 12.4. The van der Waals surface area contributed by atoms with Crippen LogP contribution in [-0.4, -0.2) is 25.7 Å². The van der Waals surface area contributed by atoms with E-state index in [2.05, 4.69) is 20.4 Å². The number of nitrogens with zero attached hydrogens (tertiary/aromatic N) is 4. The lowest BCUT2D eigenvalue weighted by molar-refractivity contribution is -0.120. The van der Waals surface area contributed by atoms with Gasteiger partial charge < -0.3 is 11.1 Å². The third kappa shape index (κ3) is 3.31. The fraction of sp³-hybridized carbons (Fsp3) is 0.333. The van der Waals surface area contributed by atoms with Crippen LogP contribution in [0, 0.1) is 20.8 Å². The zero-order chi connectivity index (χ0) is 18.1. The third-order valence-electron chi connectivity index (χ3n) is 4.37. The largest absolute Gasteiger partial charge is 0.399 e. The molecule has 1 amide bonds. The summed E-state index contributed by atoms with van der Waals surface area (Å²) in [5.74, 6) is -0.0712. The predicted molar refractivity (Wildman–Crippen MR) is 96.9 cm³/mol. The van der Waals surface area contributed by atoms with Crippen LogP contribution in [0.5, 0.6) is 0 Å². The summed E-state index contributed by atoms with van der Waals surface area (Å²) in [5.41, 5.74) is 11.7. The molecule has 0 saturated heterocycles. The van der Waals surface area contributed by atoms with Gasteiger partial charge in [-0.3, -0.25) is 14.5 Å². The van der Waals surface area contributed by atoms with Gasteiger partial charge in [-0.15, -0.1) is 0 Å². The highest BCUT2D eigenvalue weighted by Gasteiger charge is 2.17. The number of nitrogen functional groups attached to an aromatic ring is 1. The summed E-state index contributed by atoms with van der Waals surface area (Å²) in [7, 11) is 1.88. The second-order valence-electron chi connectivity index (χ2n) is 6.24. The van der Waals surface area contributed by atoms with E-state index in [1.165, 1.54) is 0 Å². The number of aryl methyl sites for hydroxylation is 4. The normalized spacial score (nSPS) is 11.0. The van der Waals surface area contributed by atoms with Crippen molar-refractivity contribution in [1.29, 1.82) is 0 Å². The standard InChI is InChI=1S/C18H22N6O/c1-10-15(11(2)22-18-17(10)12(3)23-24(18)4)8-16(25)21-9-14-7-13(19)5-6-20-14/h5-7H,8-9H2,1-4H3,(H2,19,20)(H,21,25). The number of rotatable bonds is 4. The van der Waals surface area contributed by atoms with Crippen molar-refractivity contribution >= 4 is 22.6 Å². The number of nitrogens with one attached hydrogen (secondary N) is 1. The van der Waals surface area contributed by atoms with Crippen LogP contribution in [-0.2, 0) is 24.8 Å². The monoisotopic (exact) mass is 338 g/mol. The fourth-order valence-corrected chi connectivity index (χ4v) is 3.13. The van der Waals surface area contributed by atoms with Gasteiger partial charge in [0.2, 0.25) is 5.91 Å². The van der Waals surface area contributed by atoms with Gasteiger partial charge in [0.25, 0.3) is 0 Å². The van der Waals surface area contributed by atoms with Gasteiger partial charge in [0.05, 0.1) is 24.4 Å². The number of pyridine rings is 2. The molecule has 3 aromatic heterocycles. The molecule has 0 atom stereocenters. The highest BCUT2D eigenvalue weighted by molar-refractivity contribution is 5.86. The molecule has 3 heterocycles. The number of aromatic nitrogens is 4. The minimum atomic E-state index is -0.0712.